The van der Waals surface area contributed by atoms with Gasteiger partial charge in [0.05, 0.1) is 10.5 Å². The van der Waals surface area contributed by atoms with E-state index in [1.807, 2.05) is 13.8 Å². The molecule has 1 aromatic rings. The molecule has 8 nitrogen and oxygen atoms in total. The number of hydrogen-bond donors (Lipinski definition) is 1. The molecule has 1 aromatic carbocycles. The Kier molecular flexibility index (Phi) is 5.38. The maximum absolute atomic E-state index is 12.3. The lowest BCUT2D eigenvalue weighted by Crippen LogP contribution is -2.49. The van der Waals surface area contributed by atoms with Crippen LogP contribution in [0.25, 0.3) is 0 Å². The fraction of sp³-hybridized carbons (Fsp3) is 0.500. The first-order valence-electron chi connectivity index (χ1n) is 7.83. The number of likely N-dealkylation sites (tertiary alicyclic amines) is 1. The second-order valence-electron chi connectivity index (χ2n) is 6.03. The molecule has 0 unspecified atom stereocenters. The van der Waals surface area contributed by atoms with Gasteiger partial charge in [-0.05, 0) is 39.2 Å². The average Bonchev–Trinajstić information content (AvgIpc) is 2.52. The lowest BCUT2D eigenvalue weighted by Gasteiger charge is -2.38. The third-order valence-electron chi connectivity index (χ3n) is 4.28. The number of esters is 1. The van der Waals surface area contributed by atoms with Gasteiger partial charge in [-0.2, -0.15) is 0 Å². The van der Waals surface area contributed by atoms with Crippen LogP contribution in [-0.4, -0.2) is 40.4 Å². The molecule has 1 aliphatic heterocycles. The summed E-state index contributed by atoms with van der Waals surface area (Å²) in [4.78, 5) is 36.3. The highest BCUT2D eigenvalue weighted by molar-refractivity contribution is 5.97. The highest BCUT2D eigenvalue weighted by Gasteiger charge is 2.29. The van der Waals surface area contributed by atoms with Crippen molar-refractivity contribution in [1.29, 1.82) is 0 Å². The van der Waals surface area contributed by atoms with E-state index in [-0.39, 0.29) is 34.9 Å². The van der Waals surface area contributed by atoms with Crippen LogP contribution >= 0.6 is 0 Å². The number of ether oxygens (including phenoxy) is 1. The number of anilines is 1. The minimum atomic E-state index is -0.845. The highest BCUT2D eigenvalue weighted by atomic mass is 16.6. The third-order valence-corrected chi connectivity index (χ3v) is 4.28. The van der Waals surface area contributed by atoms with Gasteiger partial charge in [0.15, 0.2) is 6.61 Å². The van der Waals surface area contributed by atoms with Gasteiger partial charge in [0.1, 0.15) is 0 Å². The summed E-state index contributed by atoms with van der Waals surface area (Å²) in [6, 6.07) is 3.72. The van der Waals surface area contributed by atoms with Crippen LogP contribution in [0.3, 0.4) is 0 Å². The van der Waals surface area contributed by atoms with Gasteiger partial charge in [0.2, 0.25) is 0 Å². The highest BCUT2D eigenvalue weighted by Crippen LogP contribution is 2.23. The van der Waals surface area contributed by atoms with Crippen molar-refractivity contribution >= 4 is 23.3 Å². The van der Waals surface area contributed by atoms with E-state index in [1.54, 1.807) is 4.90 Å². The normalized spacial score (nSPS) is 20.5. The van der Waals surface area contributed by atoms with Crippen molar-refractivity contribution < 1.29 is 19.2 Å². The Labute approximate surface area is 139 Å². The van der Waals surface area contributed by atoms with Gasteiger partial charge in [-0.3, -0.25) is 14.9 Å². The van der Waals surface area contributed by atoms with Crippen LogP contribution < -0.4 is 5.73 Å². The van der Waals surface area contributed by atoms with Crippen molar-refractivity contribution in [3.05, 3.63) is 33.9 Å². The van der Waals surface area contributed by atoms with E-state index in [2.05, 4.69) is 0 Å². The number of carbonyl (C=O) groups excluding carboxylic acids is 2. The summed E-state index contributed by atoms with van der Waals surface area (Å²) in [5.74, 6) is -1.12. The average molecular weight is 335 g/mol. The number of nitrogens with zero attached hydrogens (tertiary/aromatic N) is 2. The number of nitrogens with two attached hydrogens (primary N) is 1. The predicted molar refractivity (Wildman–Crippen MR) is 87.4 cm³/mol. The predicted octanol–water partition coefficient (Wildman–Crippen LogP) is 2.12. The van der Waals surface area contributed by atoms with Gasteiger partial charge in [-0.15, -0.1) is 0 Å². The molecule has 1 fully saturated rings. The van der Waals surface area contributed by atoms with E-state index in [1.165, 1.54) is 12.1 Å². The van der Waals surface area contributed by atoms with Crippen LogP contribution in [0.1, 0.15) is 43.5 Å². The van der Waals surface area contributed by atoms with Crippen molar-refractivity contribution in [2.75, 3.05) is 12.3 Å². The Morgan fingerprint density at radius 3 is 2.54 bits per heavy atom. The first kappa shape index (κ1) is 17.7. The molecule has 0 radical (unpaired) electrons. The minimum Gasteiger partial charge on any atom is -0.452 e. The quantitative estimate of drug-likeness (QED) is 0.390. The van der Waals surface area contributed by atoms with Gasteiger partial charge >= 0.3 is 5.97 Å². The molecule has 1 amide bonds. The summed E-state index contributed by atoms with van der Waals surface area (Å²) < 4.78 is 5.02. The maximum atomic E-state index is 12.3. The molecule has 130 valence electrons. The van der Waals surface area contributed by atoms with Crippen molar-refractivity contribution in [2.45, 2.75) is 45.2 Å². The Morgan fingerprint density at radius 1 is 1.33 bits per heavy atom. The van der Waals surface area contributed by atoms with E-state index >= 15 is 0 Å². The molecule has 0 aromatic heterocycles. The largest absolute Gasteiger partial charge is 0.452 e. The molecule has 2 rings (SSSR count). The molecule has 0 spiro atoms. The fourth-order valence-electron chi connectivity index (χ4n) is 3.03. The topological polar surface area (TPSA) is 116 Å². The standard InChI is InChI=1S/C16H21N3O5/c1-10-4-3-5-11(2)18(10)15(20)9-24-16(21)13-8-12(19(22)23)6-7-14(13)17/h6-8,10-11H,3-5,9,17H2,1-2H3/t10-,11+. The molecule has 1 aliphatic rings. The molecular formula is C16H21N3O5. The maximum Gasteiger partial charge on any atom is 0.341 e. The van der Waals surface area contributed by atoms with Gasteiger partial charge < -0.3 is 15.4 Å². The van der Waals surface area contributed by atoms with Gasteiger partial charge in [-0.25, -0.2) is 4.79 Å². The second-order valence-corrected chi connectivity index (χ2v) is 6.03. The number of amides is 1. The van der Waals surface area contributed by atoms with Crippen LogP contribution in [0.2, 0.25) is 0 Å². The fourth-order valence-corrected chi connectivity index (χ4v) is 3.03. The number of hydrogen-bond acceptors (Lipinski definition) is 6. The van der Waals surface area contributed by atoms with Crippen molar-refractivity contribution in [2.24, 2.45) is 0 Å². The van der Waals surface area contributed by atoms with Crippen molar-refractivity contribution in [3.63, 3.8) is 0 Å². The second kappa shape index (κ2) is 7.29. The molecule has 8 heteroatoms. The minimum absolute atomic E-state index is 0.0674. The number of piperidine rings is 1. The van der Waals surface area contributed by atoms with Gasteiger partial charge in [0.25, 0.3) is 11.6 Å². The number of nitro benzene ring substituents is 1. The number of benzene rings is 1. The number of carbonyl (C=O) groups is 2. The number of rotatable bonds is 4. The van der Waals surface area contributed by atoms with Gasteiger partial charge in [0, 0.05) is 29.9 Å². The molecule has 24 heavy (non-hydrogen) atoms. The van der Waals surface area contributed by atoms with E-state index in [9.17, 15) is 19.7 Å². The van der Waals surface area contributed by atoms with Crippen LogP contribution in [0.15, 0.2) is 18.2 Å². The zero-order chi connectivity index (χ0) is 17.9. The summed E-state index contributed by atoms with van der Waals surface area (Å²) in [5.41, 5.74) is 5.36. The lowest BCUT2D eigenvalue weighted by atomic mass is 9.97. The number of nitrogen functional groups attached to an aromatic ring is 1. The molecule has 0 aliphatic carbocycles. The Balaban J connectivity index is 2.04. The van der Waals surface area contributed by atoms with Crippen LogP contribution in [-0.2, 0) is 9.53 Å². The zero-order valence-electron chi connectivity index (χ0n) is 13.7. The summed E-state index contributed by atoms with van der Waals surface area (Å²) in [6.45, 7) is 3.53. The molecule has 0 bridgehead atoms. The van der Waals surface area contributed by atoms with Crippen molar-refractivity contribution in [1.82, 2.24) is 4.90 Å². The molecular weight excluding hydrogens is 314 g/mol. The first-order valence-corrected chi connectivity index (χ1v) is 7.83. The van der Waals surface area contributed by atoms with E-state index in [0.717, 1.165) is 25.3 Å². The monoisotopic (exact) mass is 335 g/mol. The van der Waals surface area contributed by atoms with Crippen LogP contribution in [0.4, 0.5) is 11.4 Å². The van der Waals surface area contributed by atoms with Gasteiger partial charge in [-0.1, -0.05) is 0 Å². The van der Waals surface area contributed by atoms with E-state index in [0.29, 0.717) is 0 Å². The Hall–Kier alpha value is -2.64. The summed E-state index contributed by atoms with van der Waals surface area (Å²) in [6.07, 6.45) is 2.90. The molecule has 2 N–H and O–H groups in total. The Morgan fingerprint density at radius 2 is 1.96 bits per heavy atom. The van der Waals surface area contributed by atoms with Crippen LogP contribution in [0, 0.1) is 10.1 Å². The first-order chi connectivity index (χ1) is 11.3. The van der Waals surface area contributed by atoms with Crippen molar-refractivity contribution in [3.8, 4) is 0 Å². The van der Waals surface area contributed by atoms with Crippen LogP contribution in [0.5, 0.6) is 0 Å². The lowest BCUT2D eigenvalue weighted by molar-refractivity contribution is -0.384. The molecule has 1 saturated heterocycles. The number of nitro groups is 1. The summed E-state index contributed by atoms with van der Waals surface area (Å²) >= 11 is 0. The SMILES string of the molecule is C[C@@H]1CCC[C@H](C)N1C(=O)COC(=O)c1cc([N+](=O)[O-])ccc1N. The summed E-state index contributed by atoms with van der Waals surface area (Å²) in [7, 11) is 0. The van der Waals surface area contributed by atoms with E-state index in [4.69, 9.17) is 10.5 Å². The molecule has 2 atom stereocenters. The summed E-state index contributed by atoms with van der Waals surface area (Å²) in [5, 5.41) is 10.8. The zero-order valence-corrected chi connectivity index (χ0v) is 13.7. The third kappa shape index (κ3) is 3.81. The molecule has 0 saturated carbocycles. The van der Waals surface area contributed by atoms with E-state index < -0.39 is 17.5 Å². The smallest absolute Gasteiger partial charge is 0.341 e. The number of non-ortho nitro benzene ring substituents is 1. The Bertz CT molecular complexity index is 651. The molecule has 1 heterocycles.